The maximum absolute atomic E-state index is 11.4. The van der Waals surface area contributed by atoms with E-state index in [1.807, 2.05) is 12.1 Å². The van der Waals surface area contributed by atoms with Gasteiger partial charge in [0.1, 0.15) is 5.75 Å². The maximum atomic E-state index is 11.4. The Morgan fingerprint density at radius 3 is 0.774 bits per heavy atom. The average molecular weight is 1070 g/mol. The minimum absolute atomic E-state index is 0.00487. The third kappa shape index (κ3) is 7.18. The topological polar surface area (TPSA) is 33.2 Å². The predicted octanol–water partition coefficient (Wildman–Crippen LogP) is 16.2. The number of fused-ring (bicyclic) bond motifs is 16. The molecule has 0 radical (unpaired) electrons. The summed E-state index contributed by atoms with van der Waals surface area (Å²) in [4.78, 5) is 9.72. The maximum Gasteiger partial charge on any atom is 0.252 e. The molecule has 0 atom stereocenters. The molecule has 0 saturated heterocycles. The number of anilines is 12. The highest BCUT2D eigenvalue weighted by molar-refractivity contribution is 7.01. The Kier molecular flexibility index (Phi) is 10.8. The van der Waals surface area contributed by atoms with Crippen molar-refractivity contribution in [3.63, 3.8) is 0 Å². The molecule has 392 valence electrons. The zero-order valence-corrected chi connectivity index (χ0v) is 46.1. The molecule has 14 aromatic carbocycles. The summed E-state index contributed by atoms with van der Waals surface area (Å²) < 4.78 is 0. The van der Waals surface area contributed by atoms with E-state index >= 15 is 0 Å². The highest BCUT2D eigenvalue weighted by atomic mass is 16.3. The number of nitrogens with zero attached hydrogens (tertiary/aromatic N) is 4. The third-order valence-electron chi connectivity index (χ3n) is 17.9. The van der Waals surface area contributed by atoms with Gasteiger partial charge in [-0.25, -0.2) is 0 Å². The summed E-state index contributed by atoms with van der Waals surface area (Å²) in [6, 6.07) is 105. The van der Waals surface area contributed by atoms with Crippen LogP contribution in [0.4, 0.5) is 68.2 Å². The highest BCUT2D eigenvalue weighted by Crippen LogP contribution is 2.50. The molecule has 0 amide bonds. The number of hydrogen-bond acceptors (Lipinski definition) is 5. The van der Waals surface area contributed by atoms with Gasteiger partial charge in [0, 0.05) is 102 Å². The van der Waals surface area contributed by atoms with Crippen molar-refractivity contribution in [3.8, 4) is 5.75 Å². The predicted molar refractivity (Wildman–Crippen MR) is 357 cm³/mol. The van der Waals surface area contributed by atoms with Crippen LogP contribution in [-0.2, 0) is 0 Å². The van der Waals surface area contributed by atoms with Crippen molar-refractivity contribution in [1.29, 1.82) is 0 Å². The second kappa shape index (κ2) is 18.9. The van der Waals surface area contributed by atoms with Crippen molar-refractivity contribution in [1.82, 2.24) is 0 Å². The first kappa shape index (κ1) is 48.0. The van der Waals surface area contributed by atoms with Crippen molar-refractivity contribution >= 4 is 158 Å². The van der Waals surface area contributed by atoms with Crippen molar-refractivity contribution in [2.45, 2.75) is 6.92 Å². The molecule has 0 aliphatic carbocycles. The lowest BCUT2D eigenvalue weighted by atomic mass is 9.33. The van der Waals surface area contributed by atoms with Gasteiger partial charge in [-0.05, 0) is 127 Å². The number of phenolic OH excluding ortho intramolecular Hbond substituents is 1. The van der Waals surface area contributed by atoms with Gasteiger partial charge in [0.15, 0.2) is 0 Å². The summed E-state index contributed by atoms with van der Waals surface area (Å²) in [5, 5.41) is 21.3. The first-order chi connectivity index (χ1) is 41.6. The molecule has 0 aromatic heterocycles. The monoisotopic (exact) mass is 1070 g/mol. The van der Waals surface area contributed by atoms with E-state index in [9.17, 15) is 5.11 Å². The lowest BCUT2D eigenvalue weighted by Crippen LogP contribution is -2.61. The Labute approximate surface area is 488 Å². The van der Waals surface area contributed by atoms with E-state index in [1.165, 1.54) is 127 Å². The van der Waals surface area contributed by atoms with Crippen LogP contribution >= 0.6 is 0 Å². The molecule has 5 nitrogen and oxygen atoms in total. The first-order valence-corrected chi connectivity index (χ1v) is 29.0. The van der Waals surface area contributed by atoms with Crippen LogP contribution in [0.2, 0.25) is 0 Å². The van der Waals surface area contributed by atoms with E-state index in [0.717, 1.165) is 22.7 Å². The van der Waals surface area contributed by atoms with Crippen molar-refractivity contribution in [3.05, 3.63) is 297 Å². The van der Waals surface area contributed by atoms with Crippen LogP contribution in [0.1, 0.15) is 5.56 Å². The van der Waals surface area contributed by atoms with Gasteiger partial charge in [-0.1, -0.05) is 218 Å². The fraction of sp³-hybridized carbons (Fsp3) is 0.0130. The van der Waals surface area contributed by atoms with E-state index in [2.05, 4.69) is 306 Å². The van der Waals surface area contributed by atoms with Crippen LogP contribution in [0, 0.1) is 6.92 Å². The molecule has 0 unspecified atom stereocenters. The molecule has 0 spiro atoms. The molecule has 4 aliphatic rings. The minimum Gasteiger partial charge on any atom is -0.508 e. The smallest absolute Gasteiger partial charge is 0.252 e. The molecule has 1 N–H and O–H groups in total. The molecule has 0 fully saturated rings. The Bertz CT molecular complexity index is 4360. The van der Waals surface area contributed by atoms with Crippen molar-refractivity contribution < 1.29 is 5.11 Å². The van der Waals surface area contributed by atoms with Crippen LogP contribution in [0.25, 0.3) is 43.1 Å². The number of hydrogen-bond donors (Lipinski definition) is 1. The second-order valence-corrected chi connectivity index (χ2v) is 22.6. The number of rotatable bonds is 4. The number of aromatic hydroxyl groups is 1. The first-order valence-electron chi connectivity index (χ1n) is 29.0. The summed E-state index contributed by atoms with van der Waals surface area (Å²) in [6.07, 6.45) is 0. The molecule has 18 rings (SSSR count). The van der Waals surface area contributed by atoms with Gasteiger partial charge in [0.05, 0.1) is 0 Å². The fourth-order valence-corrected chi connectivity index (χ4v) is 14.5. The average Bonchev–Trinajstić information content (AvgIpc) is 1.60. The molecule has 7 heteroatoms. The standard InChI is InChI=1S/C39H27BN2.C38H25BN2O/c1-26-24-35-37-36(25-26)42(30-16-6-3-7-17-30)39-32-19-11-9-13-28(32)21-23-34(39)40(37)33-22-20-27-12-8-10-18-31(27)38(33)41(35)29-14-4-2-5-15-29;42-29-23-34-36-35(24-29)41(28-15-5-2-6-16-28)38-31-18-10-8-12-26(31)20-22-33(38)39(36)32-21-19-25-11-7-9-17-30(25)37(32)40(34)27-13-3-1-4-14-27/h2-25H,1H3;1-24,42H. The van der Waals surface area contributed by atoms with E-state index < -0.39 is 0 Å². The third-order valence-corrected chi connectivity index (χ3v) is 17.9. The Morgan fingerprint density at radius 2 is 0.500 bits per heavy atom. The van der Waals surface area contributed by atoms with Gasteiger partial charge in [-0.3, -0.25) is 0 Å². The fourth-order valence-electron chi connectivity index (χ4n) is 14.5. The van der Waals surface area contributed by atoms with Gasteiger partial charge < -0.3 is 24.7 Å². The molecule has 84 heavy (non-hydrogen) atoms. The number of phenols is 1. The van der Waals surface area contributed by atoms with E-state index in [-0.39, 0.29) is 19.2 Å². The van der Waals surface area contributed by atoms with Gasteiger partial charge in [-0.15, -0.1) is 0 Å². The molecular formula is C77H52B2N4O. The van der Waals surface area contributed by atoms with Gasteiger partial charge in [-0.2, -0.15) is 0 Å². The summed E-state index contributed by atoms with van der Waals surface area (Å²) in [7, 11) is 0. The Hall–Kier alpha value is -10.8. The molecule has 4 heterocycles. The lowest BCUT2D eigenvalue weighted by Gasteiger charge is -2.45. The Balaban J connectivity index is 0.000000132. The van der Waals surface area contributed by atoms with Crippen LogP contribution in [-0.4, -0.2) is 18.5 Å². The number of aryl methyl sites for hydroxylation is 1. The van der Waals surface area contributed by atoms with Crippen LogP contribution < -0.4 is 52.4 Å². The van der Waals surface area contributed by atoms with E-state index in [0.29, 0.717) is 0 Å². The number of para-hydroxylation sites is 4. The molecular weight excluding hydrogens is 1020 g/mol. The van der Waals surface area contributed by atoms with Gasteiger partial charge >= 0.3 is 0 Å². The van der Waals surface area contributed by atoms with Crippen LogP contribution in [0.15, 0.2) is 291 Å². The lowest BCUT2D eigenvalue weighted by molar-refractivity contribution is 0.476. The zero-order chi connectivity index (χ0) is 55.6. The SMILES string of the molecule is Cc1cc2c3c(c1)N(c1ccccc1)c1c(ccc4ccccc14)B3c1ccc3ccccc3c1N2c1ccccc1.Oc1cc2c3c(c1)N(c1ccccc1)c1c(ccc4ccccc14)B3c1ccc3ccccc3c1N2c1ccccc1. The van der Waals surface area contributed by atoms with Crippen molar-refractivity contribution in [2.24, 2.45) is 0 Å². The highest BCUT2D eigenvalue weighted by Gasteiger charge is 2.46. The molecule has 14 aromatic rings. The molecule has 0 bridgehead atoms. The minimum atomic E-state index is -0.00487. The van der Waals surface area contributed by atoms with Crippen molar-refractivity contribution in [2.75, 3.05) is 19.6 Å². The molecule has 0 saturated carbocycles. The Morgan fingerprint density at radius 1 is 0.262 bits per heavy atom. The molecule has 4 aliphatic heterocycles. The zero-order valence-electron chi connectivity index (χ0n) is 46.1. The number of benzene rings is 14. The normalized spacial score (nSPS) is 13.2. The van der Waals surface area contributed by atoms with E-state index in [1.54, 1.807) is 0 Å². The summed E-state index contributed by atoms with van der Waals surface area (Å²) >= 11 is 0. The summed E-state index contributed by atoms with van der Waals surface area (Å²) in [5.74, 6) is 0.247. The quantitative estimate of drug-likeness (QED) is 0.178. The second-order valence-electron chi connectivity index (χ2n) is 22.6. The van der Waals surface area contributed by atoms with Crippen LogP contribution in [0.5, 0.6) is 5.75 Å². The van der Waals surface area contributed by atoms with Gasteiger partial charge in [0.2, 0.25) is 0 Å². The summed E-state index contributed by atoms with van der Waals surface area (Å²) in [6.45, 7) is 2.33. The largest absolute Gasteiger partial charge is 0.508 e. The summed E-state index contributed by atoms with van der Waals surface area (Å²) in [5.41, 5.74) is 22.9. The van der Waals surface area contributed by atoms with E-state index in [4.69, 9.17) is 0 Å². The van der Waals surface area contributed by atoms with Crippen LogP contribution in [0.3, 0.4) is 0 Å². The van der Waals surface area contributed by atoms with Gasteiger partial charge in [0.25, 0.3) is 13.4 Å².